The standard InChI is InChI=1S/C34H26N2/c1-23-24(2)36-34-32(30-20-12-10-18-28(30)26-15-7-4-8-16-26)22-21-31(33(34)35-23)29-19-11-9-17-27(29)25-13-5-3-6-14-25/h3-22H,1-2H3. The predicted molar refractivity (Wildman–Crippen MR) is 151 cm³/mol. The Labute approximate surface area is 212 Å². The van der Waals surface area contributed by atoms with E-state index >= 15 is 0 Å². The molecule has 0 aliphatic rings. The van der Waals surface area contributed by atoms with E-state index in [-0.39, 0.29) is 0 Å². The lowest BCUT2D eigenvalue weighted by molar-refractivity contribution is 1.10. The molecule has 0 aliphatic heterocycles. The minimum atomic E-state index is 0.932. The zero-order valence-corrected chi connectivity index (χ0v) is 20.4. The van der Waals surface area contributed by atoms with Crippen molar-refractivity contribution in [2.24, 2.45) is 0 Å². The normalized spacial score (nSPS) is 11.1. The molecule has 6 aromatic rings. The number of hydrogen-bond donors (Lipinski definition) is 0. The molecule has 2 nitrogen and oxygen atoms in total. The van der Waals surface area contributed by atoms with Gasteiger partial charge in [0.1, 0.15) is 0 Å². The third kappa shape index (κ3) is 3.87. The third-order valence-corrected chi connectivity index (χ3v) is 6.84. The van der Waals surface area contributed by atoms with E-state index in [2.05, 4.69) is 121 Å². The zero-order valence-electron chi connectivity index (χ0n) is 20.4. The molecular formula is C34H26N2. The zero-order chi connectivity index (χ0) is 24.5. The number of hydrogen-bond acceptors (Lipinski definition) is 2. The summed E-state index contributed by atoms with van der Waals surface area (Å²) in [6, 6.07) is 42.6. The van der Waals surface area contributed by atoms with Crippen LogP contribution < -0.4 is 0 Å². The van der Waals surface area contributed by atoms with E-state index in [0.29, 0.717) is 0 Å². The molecule has 2 heteroatoms. The Kier molecular flexibility index (Phi) is 5.63. The van der Waals surface area contributed by atoms with Gasteiger partial charge in [0.05, 0.1) is 22.4 Å². The van der Waals surface area contributed by atoms with Crippen molar-refractivity contribution in [2.75, 3.05) is 0 Å². The van der Waals surface area contributed by atoms with Crippen LogP contribution in [-0.4, -0.2) is 9.97 Å². The van der Waals surface area contributed by atoms with Gasteiger partial charge in [-0.1, -0.05) is 121 Å². The van der Waals surface area contributed by atoms with E-state index in [1.807, 2.05) is 13.8 Å². The minimum absolute atomic E-state index is 0.932. The van der Waals surface area contributed by atoms with Gasteiger partial charge in [-0.2, -0.15) is 0 Å². The molecule has 0 spiro atoms. The van der Waals surface area contributed by atoms with Gasteiger partial charge in [0.2, 0.25) is 0 Å². The van der Waals surface area contributed by atoms with Gasteiger partial charge in [0.25, 0.3) is 0 Å². The molecule has 0 amide bonds. The van der Waals surface area contributed by atoms with E-state index in [9.17, 15) is 0 Å². The van der Waals surface area contributed by atoms with Gasteiger partial charge >= 0.3 is 0 Å². The molecule has 1 heterocycles. The number of aromatic nitrogens is 2. The maximum absolute atomic E-state index is 5.11. The molecule has 172 valence electrons. The fourth-order valence-corrected chi connectivity index (χ4v) is 4.91. The highest BCUT2D eigenvalue weighted by molar-refractivity contribution is 6.05. The van der Waals surface area contributed by atoms with Crippen LogP contribution in [0.1, 0.15) is 11.4 Å². The number of nitrogens with zero attached hydrogens (tertiary/aromatic N) is 2. The fourth-order valence-electron chi connectivity index (χ4n) is 4.91. The first-order valence-corrected chi connectivity index (χ1v) is 12.3. The number of benzene rings is 5. The van der Waals surface area contributed by atoms with Crippen LogP contribution in [0.3, 0.4) is 0 Å². The van der Waals surface area contributed by atoms with E-state index in [0.717, 1.165) is 44.7 Å². The molecule has 0 unspecified atom stereocenters. The van der Waals surface area contributed by atoms with Crippen LogP contribution >= 0.6 is 0 Å². The molecule has 0 bridgehead atoms. The molecule has 0 saturated heterocycles. The monoisotopic (exact) mass is 462 g/mol. The van der Waals surface area contributed by atoms with E-state index < -0.39 is 0 Å². The lowest BCUT2D eigenvalue weighted by Crippen LogP contribution is -1.98. The molecule has 0 atom stereocenters. The summed E-state index contributed by atoms with van der Waals surface area (Å²) in [5.74, 6) is 0. The Bertz CT molecular complexity index is 1560. The van der Waals surface area contributed by atoms with Crippen molar-refractivity contribution < 1.29 is 0 Å². The minimum Gasteiger partial charge on any atom is -0.249 e. The smallest absolute Gasteiger partial charge is 0.0975 e. The largest absolute Gasteiger partial charge is 0.249 e. The molecule has 0 radical (unpaired) electrons. The molecule has 1 aromatic heterocycles. The van der Waals surface area contributed by atoms with Crippen molar-refractivity contribution in [3.63, 3.8) is 0 Å². The van der Waals surface area contributed by atoms with Crippen LogP contribution in [-0.2, 0) is 0 Å². The summed E-state index contributed by atoms with van der Waals surface area (Å²) in [5.41, 5.74) is 13.1. The Balaban J connectivity index is 1.64. The maximum Gasteiger partial charge on any atom is 0.0975 e. The Hall–Kier alpha value is -4.56. The van der Waals surface area contributed by atoms with Crippen LogP contribution in [0, 0.1) is 13.8 Å². The Morgan fingerprint density at radius 2 is 0.667 bits per heavy atom. The molecular weight excluding hydrogens is 436 g/mol. The van der Waals surface area contributed by atoms with Crippen molar-refractivity contribution in [1.82, 2.24) is 9.97 Å². The van der Waals surface area contributed by atoms with Gasteiger partial charge in [-0.3, -0.25) is 0 Å². The summed E-state index contributed by atoms with van der Waals surface area (Å²) >= 11 is 0. The summed E-state index contributed by atoms with van der Waals surface area (Å²) in [4.78, 5) is 10.2. The SMILES string of the molecule is Cc1nc2c(-c3ccccc3-c3ccccc3)ccc(-c3ccccc3-c3ccccc3)c2nc1C. The second-order valence-electron chi connectivity index (χ2n) is 9.08. The third-order valence-electron chi connectivity index (χ3n) is 6.84. The van der Waals surface area contributed by atoms with Gasteiger partial charge in [0.15, 0.2) is 0 Å². The van der Waals surface area contributed by atoms with Crippen LogP contribution in [0.4, 0.5) is 0 Å². The van der Waals surface area contributed by atoms with Crippen molar-refractivity contribution in [3.8, 4) is 44.5 Å². The van der Waals surface area contributed by atoms with E-state index in [1.54, 1.807) is 0 Å². The molecule has 0 N–H and O–H groups in total. The fraction of sp³-hybridized carbons (Fsp3) is 0.0588. The van der Waals surface area contributed by atoms with Crippen molar-refractivity contribution >= 4 is 11.0 Å². The van der Waals surface area contributed by atoms with Gasteiger partial charge in [0, 0.05) is 11.1 Å². The van der Waals surface area contributed by atoms with Gasteiger partial charge < -0.3 is 0 Å². The number of aryl methyl sites for hydroxylation is 2. The molecule has 36 heavy (non-hydrogen) atoms. The Morgan fingerprint density at radius 1 is 0.333 bits per heavy atom. The Morgan fingerprint density at radius 3 is 1.06 bits per heavy atom. The van der Waals surface area contributed by atoms with E-state index in [1.165, 1.54) is 22.3 Å². The first kappa shape index (κ1) is 21.9. The topological polar surface area (TPSA) is 25.8 Å². The lowest BCUT2D eigenvalue weighted by atomic mass is 9.89. The van der Waals surface area contributed by atoms with Crippen LogP contribution in [0.5, 0.6) is 0 Å². The quantitative estimate of drug-likeness (QED) is 0.261. The van der Waals surface area contributed by atoms with Crippen molar-refractivity contribution in [3.05, 3.63) is 133 Å². The summed E-state index contributed by atoms with van der Waals surface area (Å²) in [6.07, 6.45) is 0. The maximum atomic E-state index is 5.11. The van der Waals surface area contributed by atoms with Crippen LogP contribution in [0.2, 0.25) is 0 Å². The van der Waals surface area contributed by atoms with Gasteiger partial charge in [-0.05, 0) is 47.2 Å². The number of fused-ring (bicyclic) bond motifs is 1. The summed E-state index contributed by atoms with van der Waals surface area (Å²) < 4.78 is 0. The van der Waals surface area contributed by atoms with E-state index in [4.69, 9.17) is 9.97 Å². The average Bonchev–Trinajstić information content (AvgIpc) is 2.94. The molecule has 0 saturated carbocycles. The first-order valence-electron chi connectivity index (χ1n) is 12.3. The second-order valence-corrected chi connectivity index (χ2v) is 9.08. The van der Waals surface area contributed by atoms with Crippen molar-refractivity contribution in [2.45, 2.75) is 13.8 Å². The predicted octanol–water partition coefficient (Wildman–Crippen LogP) is 8.91. The highest BCUT2D eigenvalue weighted by Gasteiger charge is 2.18. The van der Waals surface area contributed by atoms with Gasteiger partial charge in [-0.25, -0.2) is 9.97 Å². The first-order chi connectivity index (χ1) is 17.7. The second kappa shape index (κ2) is 9.24. The highest BCUT2D eigenvalue weighted by atomic mass is 14.8. The highest BCUT2D eigenvalue weighted by Crippen LogP contribution is 2.41. The van der Waals surface area contributed by atoms with Gasteiger partial charge in [-0.15, -0.1) is 0 Å². The molecule has 0 fully saturated rings. The van der Waals surface area contributed by atoms with Crippen molar-refractivity contribution in [1.29, 1.82) is 0 Å². The molecule has 6 rings (SSSR count). The number of rotatable bonds is 4. The van der Waals surface area contributed by atoms with Crippen LogP contribution in [0.25, 0.3) is 55.5 Å². The summed E-state index contributed by atoms with van der Waals surface area (Å²) in [7, 11) is 0. The molecule has 0 aliphatic carbocycles. The lowest BCUT2D eigenvalue weighted by Gasteiger charge is -2.17. The summed E-state index contributed by atoms with van der Waals surface area (Å²) in [5, 5.41) is 0. The van der Waals surface area contributed by atoms with Crippen LogP contribution in [0.15, 0.2) is 121 Å². The average molecular weight is 463 g/mol. The summed E-state index contributed by atoms with van der Waals surface area (Å²) in [6.45, 7) is 4.08. The molecule has 5 aromatic carbocycles.